The van der Waals surface area contributed by atoms with Crippen molar-refractivity contribution in [2.75, 3.05) is 5.32 Å². The second-order valence-electron chi connectivity index (χ2n) is 4.65. The molecule has 0 aliphatic rings. The first-order chi connectivity index (χ1) is 9.72. The van der Waals surface area contributed by atoms with Gasteiger partial charge in [0.25, 0.3) is 0 Å². The molecule has 0 spiro atoms. The summed E-state index contributed by atoms with van der Waals surface area (Å²) in [7, 11) is 3.82. The van der Waals surface area contributed by atoms with Gasteiger partial charge in [-0.25, -0.2) is 0 Å². The van der Waals surface area contributed by atoms with Crippen LogP contribution in [0.15, 0.2) is 43.0 Å². The number of nitrogens with one attached hydrogen (secondary N) is 1. The first-order valence-corrected chi connectivity index (χ1v) is 6.39. The van der Waals surface area contributed by atoms with Crippen LogP contribution in [0.25, 0.3) is 11.3 Å². The maximum Gasteiger partial charge on any atom is 0.148 e. The Balaban J connectivity index is 1.83. The molecule has 20 heavy (non-hydrogen) atoms. The molecule has 0 aliphatic heterocycles. The van der Waals surface area contributed by atoms with E-state index in [1.807, 2.05) is 55.6 Å². The zero-order chi connectivity index (χ0) is 13.9. The van der Waals surface area contributed by atoms with Gasteiger partial charge in [-0.1, -0.05) is 0 Å². The molecule has 0 aliphatic carbocycles. The second kappa shape index (κ2) is 5.16. The Morgan fingerprint density at radius 3 is 2.75 bits per heavy atom. The molecule has 3 heterocycles. The molecule has 0 bridgehead atoms. The molecule has 3 rings (SSSR count). The quantitative estimate of drug-likeness (QED) is 0.784. The molecule has 0 unspecified atom stereocenters. The third kappa shape index (κ3) is 2.54. The number of anilines is 1. The highest BCUT2D eigenvalue weighted by Crippen LogP contribution is 2.21. The number of hydrogen-bond donors (Lipinski definition) is 1. The predicted octanol–water partition coefficient (Wildman–Crippen LogP) is 1.83. The third-order valence-electron chi connectivity index (χ3n) is 3.01. The lowest BCUT2D eigenvalue weighted by Crippen LogP contribution is -2.01. The van der Waals surface area contributed by atoms with Gasteiger partial charge in [0.05, 0.1) is 5.69 Å². The Hall–Kier alpha value is -2.63. The van der Waals surface area contributed by atoms with Crippen LogP contribution in [0.3, 0.4) is 0 Å². The minimum absolute atomic E-state index is 0.676. The highest BCUT2D eigenvalue weighted by molar-refractivity contribution is 5.62. The van der Waals surface area contributed by atoms with E-state index >= 15 is 0 Å². The molecule has 6 heteroatoms. The summed E-state index contributed by atoms with van der Waals surface area (Å²) in [5.41, 5.74) is 3.08. The summed E-state index contributed by atoms with van der Waals surface area (Å²) in [5, 5.41) is 12.1. The second-order valence-corrected chi connectivity index (χ2v) is 4.65. The van der Waals surface area contributed by atoms with Gasteiger partial charge in [-0.3, -0.25) is 14.3 Å². The van der Waals surface area contributed by atoms with E-state index in [1.54, 1.807) is 10.9 Å². The van der Waals surface area contributed by atoms with E-state index < -0.39 is 0 Å². The van der Waals surface area contributed by atoms with Gasteiger partial charge in [0.2, 0.25) is 0 Å². The van der Waals surface area contributed by atoms with Gasteiger partial charge in [0.15, 0.2) is 0 Å². The molecule has 102 valence electrons. The Labute approximate surface area is 117 Å². The SMILES string of the molecule is Cn1ccc(NCc2cn(C)nc2-c2cccnc2)n1. The van der Waals surface area contributed by atoms with Crippen molar-refractivity contribution in [3.63, 3.8) is 0 Å². The maximum absolute atomic E-state index is 4.51. The zero-order valence-corrected chi connectivity index (χ0v) is 11.5. The molecule has 6 nitrogen and oxygen atoms in total. The van der Waals surface area contributed by atoms with Crippen LogP contribution in [0.5, 0.6) is 0 Å². The molecular formula is C14H16N6. The Kier molecular flexibility index (Phi) is 3.20. The first kappa shape index (κ1) is 12.4. The largest absolute Gasteiger partial charge is 0.364 e. The number of aromatic nitrogens is 5. The van der Waals surface area contributed by atoms with Gasteiger partial charge >= 0.3 is 0 Å². The molecule has 1 N–H and O–H groups in total. The van der Waals surface area contributed by atoms with Crippen molar-refractivity contribution in [2.24, 2.45) is 14.1 Å². The van der Waals surface area contributed by atoms with Crippen LogP contribution in [0.1, 0.15) is 5.56 Å². The van der Waals surface area contributed by atoms with Crippen molar-refractivity contribution in [1.82, 2.24) is 24.5 Å². The number of pyridine rings is 1. The number of nitrogens with zero attached hydrogens (tertiary/aromatic N) is 5. The summed E-state index contributed by atoms with van der Waals surface area (Å²) in [6.07, 6.45) is 7.51. The Bertz CT molecular complexity index is 698. The molecule has 0 saturated carbocycles. The van der Waals surface area contributed by atoms with Crippen molar-refractivity contribution in [3.8, 4) is 11.3 Å². The smallest absolute Gasteiger partial charge is 0.148 e. The monoisotopic (exact) mass is 268 g/mol. The summed E-state index contributed by atoms with van der Waals surface area (Å²) < 4.78 is 3.59. The van der Waals surface area contributed by atoms with Gasteiger partial charge in [0.1, 0.15) is 5.82 Å². The number of hydrogen-bond acceptors (Lipinski definition) is 4. The van der Waals surface area contributed by atoms with E-state index in [0.717, 1.165) is 22.6 Å². The predicted molar refractivity (Wildman–Crippen MR) is 77.0 cm³/mol. The van der Waals surface area contributed by atoms with E-state index in [4.69, 9.17) is 0 Å². The van der Waals surface area contributed by atoms with E-state index in [2.05, 4.69) is 20.5 Å². The van der Waals surface area contributed by atoms with Gasteiger partial charge in [-0.2, -0.15) is 10.2 Å². The van der Waals surface area contributed by atoms with Crippen LogP contribution in [0, 0.1) is 0 Å². The minimum Gasteiger partial charge on any atom is -0.364 e. The zero-order valence-electron chi connectivity index (χ0n) is 11.5. The van der Waals surface area contributed by atoms with Crippen molar-refractivity contribution < 1.29 is 0 Å². The molecule has 0 fully saturated rings. The fourth-order valence-corrected chi connectivity index (χ4v) is 2.11. The molecule has 0 aromatic carbocycles. The number of rotatable bonds is 4. The average molecular weight is 268 g/mol. The minimum atomic E-state index is 0.676. The van der Waals surface area contributed by atoms with Crippen molar-refractivity contribution in [2.45, 2.75) is 6.54 Å². The summed E-state index contributed by atoms with van der Waals surface area (Å²) >= 11 is 0. The Morgan fingerprint density at radius 2 is 2.05 bits per heavy atom. The lowest BCUT2D eigenvalue weighted by Gasteiger charge is -2.03. The molecule has 0 atom stereocenters. The normalized spacial score (nSPS) is 10.7. The molecule has 3 aromatic heterocycles. The Morgan fingerprint density at radius 1 is 1.15 bits per heavy atom. The van der Waals surface area contributed by atoms with Gasteiger partial charge < -0.3 is 5.32 Å². The lowest BCUT2D eigenvalue weighted by atomic mass is 10.1. The van der Waals surface area contributed by atoms with E-state index in [-0.39, 0.29) is 0 Å². The van der Waals surface area contributed by atoms with Crippen molar-refractivity contribution in [3.05, 3.63) is 48.5 Å². The van der Waals surface area contributed by atoms with E-state index in [1.165, 1.54) is 0 Å². The fourth-order valence-electron chi connectivity index (χ4n) is 2.11. The summed E-state index contributed by atoms with van der Waals surface area (Å²) in [6.45, 7) is 0.676. The standard InChI is InChI=1S/C14H16N6/c1-19-7-5-13(17-19)16-9-12-10-20(2)18-14(12)11-4-3-6-15-8-11/h3-8,10H,9H2,1-2H3,(H,16,17). The first-order valence-electron chi connectivity index (χ1n) is 6.39. The van der Waals surface area contributed by atoms with E-state index in [0.29, 0.717) is 6.54 Å². The molecular weight excluding hydrogens is 252 g/mol. The van der Waals surface area contributed by atoms with Gasteiger partial charge in [-0.05, 0) is 12.1 Å². The highest BCUT2D eigenvalue weighted by atomic mass is 15.3. The summed E-state index contributed by atoms with van der Waals surface area (Å²) in [5.74, 6) is 0.855. The summed E-state index contributed by atoms with van der Waals surface area (Å²) in [6, 6.07) is 5.87. The van der Waals surface area contributed by atoms with Crippen LogP contribution in [-0.2, 0) is 20.6 Å². The molecule has 0 amide bonds. The van der Waals surface area contributed by atoms with E-state index in [9.17, 15) is 0 Å². The van der Waals surface area contributed by atoms with Crippen LogP contribution < -0.4 is 5.32 Å². The molecule has 0 saturated heterocycles. The third-order valence-corrected chi connectivity index (χ3v) is 3.01. The lowest BCUT2D eigenvalue weighted by molar-refractivity contribution is 0.766. The van der Waals surface area contributed by atoms with Crippen LogP contribution >= 0.6 is 0 Å². The highest BCUT2D eigenvalue weighted by Gasteiger charge is 2.10. The van der Waals surface area contributed by atoms with Crippen LogP contribution in [0.2, 0.25) is 0 Å². The van der Waals surface area contributed by atoms with Crippen LogP contribution in [-0.4, -0.2) is 24.5 Å². The fraction of sp³-hybridized carbons (Fsp3) is 0.214. The topological polar surface area (TPSA) is 60.6 Å². The number of aryl methyl sites for hydroxylation is 2. The molecule has 3 aromatic rings. The van der Waals surface area contributed by atoms with Gasteiger partial charge in [0, 0.05) is 62.6 Å². The van der Waals surface area contributed by atoms with Crippen molar-refractivity contribution in [1.29, 1.82) is 0 Å². The molecule has 0 radical (unpaired) electrons. The van der Waals surface area contributed by atoms with Crippen LogP contribution in [0.4, 0.5) is 5.82 Å². The van der Waals surface area contributed by atoms with Gasteiger partial charge in [-0.15, -0.1) is 0 Å². The van der Waals surface area contributed by atoms with Crippen molar-refractivity contribution >= 4 is 5.82 Å². The summed E-state index contributed by atoms with van der Waals surface area (Å²) in [4.78, 5) is 4.15. The maximum atomic E-state index is 4.51. The average Bonchev–Trinajstić information content (AvgIpc) is 3.03.